The van der Waals surface area contributed by atoms with Gasteiger partial charge in [-0.25, -0.2) is 10.5 Å². The summed E-state index contributed by atoms with van der Waals surface area (Å²) in [6.45, 7) is 4.07. The van der Waals surface area contributed by atoms with E-state index in [2.05, 4.69) is 37.3 Å². The molecule has 1 unspecified atom stereocenters. The second kappa shape index (κ2) is 6.27. The summed E-state index contributed by atoms with van der Waals surface area (Å²) in [5.74, 6) is 7.99. The number of nitrogens with two attached hydrogens (primary N) is 1. The van der Waals surface area contributed by atoms with Crippen molar-refractivity contribution in [3.05, 3.63) is 18.5 Å². The van der Waals surface area contributed by atoms with Crippen molar-refractivity contribution in [2.45, 2.75) is 18.6 Å². The van der Waals surface area contributed by atoms with E-state index in [1.807, 2.05) is 17.8 Å². The normalized spacial score (nSPS) is 18.8. The van der Waals surface area contributed by atoms with Crippen LogP contribution in [0.15, 0.2) is 18.5 Å². The lowest BCUT2D eigenvalue weighted by Gasteiger charge is -2.32. The molecule has 1 saturated heterocycles. The summed E-state index contributed by atoms with van der Waals surface area (Å²) in [7, 11) is 0. The average Bonchev–Trinajstić information content (AvgIpc) is 3.09. The summed E-state index contributed by atoms with van der Waals surface area (Å²) >= 11 is 2.00. The number of hydrogen-bond donors (Lipinski definition) is 2. The average molecular weight is 306 g/mol. The highest BCUT2D eigenvalue weighted by atomic mass is 32.2. The van der Waals surface area contributed by atoms with Gasteiger partial charge >= 0.3 is 0 Å². The van der Waals surface area contributed by atoms with Gasteiger partial charge in [0.15, 0.2) is 0 Å². The van der Waals surface area contributed by atoms with Crippen LogP contribution in [0.2, 0.25) is 0 Å². The van der Waals surface area contributed by atoms with Crippen molar-refractivity contribution < 1.29 is 0 Å². The molecule has 2 aromatic heterocycles. The van der Waals surface area contributed by atoms with E-state index in [1.54, 1.807) is 17.1 Å². The molecule has 21 heavy (non-hydrogen) atoms. The maximum absolute atomic E-state index is 5.47. The number of hydrazine groups is 1. The van der Waals surface area contributed by atoms with E-state index in [9.17, 15) is 0 Å². The molecule has 0 saturated carbocycles. The van der Waals surface area contributed by atoms with Crippen molar-refractivity contribution in [3.8, 4) is 5.95 Å². The van der Waals surface area contributed by atoms with Crippen LogP contribution in [0.5, 0.6) is 0 Å². The zero-order chi connectivity index (χ0) is 14.7. The van der Waals surface area contributed by atoms with E-state index in [-0.39, 0.29) is 0 Å². The number of rotatable bonds is 4. The highest BCUT2D eigenvalue weighted by Crippen LogP contribution is 2.24. The predicted molar refractivity (Wildman–Crippen MR) is 83.5 cm³/mol. The fourth-order valence-corrected chi connectivity index (χ4v) is 3.38. The smallest absolute Gasteiger partial charge is 0.257 e. The van der Waals surface area contributed by atoms with E-state index in [0.717, 1.165) is 25.3 Å². The van der Waals surface area contributed by atoms with Crippen LogP contribution in [0.4, 0.5) is 11.9 Å². The fraction of sp³-hybridized carbons (Fsp3) is 0.500. The zero-order valence-electron chi connectivity index (χ0n) is 11.8. The molecule has 9 heteroatoms. The Morgan fingerprint density at radius 2 is 2.24 bits per heavy atom. The minimum Gasteiger partial charge on any atom is -0.339 e. The van der Waals surface area contributed by atoms with Gasteiger partial charge in [-0.3, -0.25) is 5.43 Å². The molecule has 1 atom stereocenters. The second-order valence-electron chi connectivity index (χ2n) is 4.70. The van der Waals surface area contributed by atoms with Crippen LogP contribution in [0, 0.1) is 0 Å². The van der Waals surface area contributed by atoms with Gasteiger partial charge in [0.05, 0.1) is 0 Å². The molecule has 0 bridgehead atoms. The number of aromatic nitrogens is 5. The molecular weight excluding hydrogens is 288 g/mol. The van der Waals surface area contributed by atoms with Crippen molar-refractivity contribution in [1.29, 1.82) is 0 Å². The Balaban J connectivity index is 1.92. The number of nitrogens with zero attached hydrogens (tertiary/aromatic N) is 6. The molecule has 1 fully saturated rings. The van der Waals surface area contributed by atoms with Crippen LogP contribution in [-0.4, -0.2) is 48.8 Å². The van der Waals surface area contributed by atoms with E-state index in [4.69, 9.17) is 5.84 Å². The number of hydrogen-bond acceptors (Lipinski definition) is 8. The quantitative estimate of drug-likeness (QED) is 0.628. The highest BCUT2D eigenvalue weighted by Gasteiger charge is 2.22. The lowest BCUT2D eigenvalue weighted by molar-refractivity contribution is 0.698. The third kappa shape index (κ3) is 3.08. The molecule has 3 heterocycles. The van der Waals surface area contributed by atoms with Crippen molar-refractivity contribution in [2.24, 2.45) is 5.84 Å². The number of nitrogens with one attached hydrogen (secondary N) is 1. The van der Waals surface area contributed by atoms with Gasteiger partial charge in [0, 0.05) is 36.5 Å². The van der Waals surface area contributed by atoms with E-state index in [1.165, 1.54) is 0 Å². The minimum absolute atomic E-state index is 0.344. The number of anilines is 2. The standard InChI is InChI=1S/C12H18N8S/c1-2-9-8-19(6-7-21-9)11-15-10(18-13)16-12(17-11)20-5-3-4-14-20/h3-5,9H,2,6-8,13H2,1H3,(H,15,16,17,18). The Morgan fingerprint density at radius 3 is 2.95 bits per heavy atom. The maximum atomic E-state index is 5.47. The Labute approximate surface area is 127 Å². The van der Waals surface area contributed by atoms with Crippen LogP contribution in [-0.2, 0) is 0 Å². The van der Waals surface area contributed by atoms with Gasteiger partial charge in [-0.05, 0) is 12.5 Å². The first-order valence-electron chi connectivity index (χ1n) is 6.89. The van der Waals surface area contributed by atoms with E-state index in [0.29, 0.717) is 23.1 Å². The molecule has 0 amide bonds. The first-order valence-corrected chi connectivity index (χ1v) is 7.94. The predicted octanol–water partition coefficient (Wildman–Crippen LogP) is 0.675. The molecular formula is C12H18N8S. The molecule has 2 aromatic rings. The molecule has 3 rings (SSSR count). The number of nitrogen functional groups attached to an aromatic ring is 1. The Hall–Kier alpha value is -1.87. The van der Waals surface area contributed by atoms with Crippen molar-refractivity contribution in [2.75, 3.05) is 29.2 Å². The summed E-state index contributed by atoms with van der Waals surface area (Å²) in [5, 5.41) is 4.76. The maximum Gasteiger partial charge on any atom is 0.257 e. The van der Waals surface area contributed by atoms with Crippen LogP contribution in [0.25, 0.3) is 5.95 Å². The second-order valence-corrected chi connectivity index (χ2v) is 6.11. The third-order valence-corrected chi connectivity index (χ3v) is 4.70. The summed E-state index contributed by atoms with van der Waals surface area (Å²) < 4.78 is 1.60. The van der Waals surface area contributed by atoms with Crippen molar-refractivity contribution in [1.82, 2.24) is 24.7 Å². The third-order valence-electron chi connectivity index (χ3n) is 3.33. The van der Waals surface area contributed by atoms with Gasteiger partial charge in [-0.1, -0.05) is 6.92 Å². The zero-order valence-corrected chi connectivity index (χ0v) is 12.6. The van der Waals surface area contributed by atoms with Gasteiger partial charge in [0.2, 0.25) is 11.9 Å². The van der Waals surface area contributed by atoms with E-state index >= 15 is 0 Å². The number of thioether (sulfide) groups is 1. The monoisotopic (exact) mass is 306 g/mol. The summed E-state index contributed by atoms with van der Waals surface area (Å²) in [6.07, 6.45) is 4.62. The lowest BCUT2D eigenvalue weighted by atomic mass is 10.3. The van der Waals surface area contributed by atoms with Crippen LogP contribution >= 0.6 is 11.8 Å². The molecule has 8 nitrogen and oxygen atoms in total. The molecule has 3 N–H and O–H groups in total. The largest absolute Gasteiger partial charge is 0.339 e. The van der Waals surface area contributed by atoms with Gasteiger partial charge in [-0.15, -0.1) is 0 Å². The van der Waals surface area contributed by atoms with Gasteiger partial charge in [0.25, 0.3) is 5.95 Å². The molecule has 112 valence electrons. The molecule has 1 aliphatic heterocycles. The molecule has 1 aliphatic rings. The molecule has 0 spiro atoms. The molecule has 0 aliphatic carbocycles. The Bertz CT molecular complexity index is 587. The summed E-state index contributed by atoms with van der Waals surface area (Å²) in [4.78, 5) is 15.3. The van der Waals surface area contributed by atoms with Crippen LogP contribution in [0.1, 0.15) is 13.3 Å². The minimum atomic E-state index is 0.344. The summed E-state index contributed by atoms with van der Waals surface area (Å²) in [6, 6.07) is 1.82. The fourth-order valence-electron chi connectivity index (χ4n) is 2.20. The first kappa shape index (κ1) is 14.1. The lowest BCUT2D eigenvalue weighted by Crippen LogP contribution is -2.39. The molecule has 0 aromatic carbocycles. The Morgan fingerprint density at radius 1 is 1.38 bits per heavy atom. The van der Waals surface area contributed by atoms with Gasteiger partial charge in [-0.2, -0.15) is 31.8 Å². The van der Waals surface area contributed by atoms with Gasteiger partial charge in [0.1, 0.15) is 0 Å². The van der Waals surface area contributed by atoms with E-state index < -0.39 is 0 Å². The first-order chi connectivity index (χ1) is 10.3. The van der Waals surface area contributed by atoms with Crippen molar-refractivity contribution in [3.63, 3.8) is 0 Å². The van der Waals surface area contributed by atoms with Crippen molar-refractivity contribution >= 4 is 23.7 Å². The molecule has 0 radical (unpaired) electrons. The SMILES string of the molecule is CCC1CN(c2nc(NN)nc(-n3cccn3)n2)CCS1. The highest BCUT2D eigenvalue weighted by molar-refractivity contribution is 8.00. The van der Waals surface area contributed by atoms with Crippen LogP contribution in [0.3, 0.4) is 0 Å². The van der Waals surface area contributed by atoms with Gasteiger partial charge < -0.3 is 4.90 Å². The summed E-state index contributed by atoms with van der Waals surface area (Å²) in [5.41, 5.74) is 2.50. The Kier molecular flexibility index (Phi) is 4.20. The topological polar surface area (TPSA) is 97.8 Å². The van der Waals surface area contributed by atoms with Crippen LogP contribution < -0.4 is 16.2 Å².